The van der Waals surface area contributed by atoms with E-state index in [0.717, 1.165) is 38.4 Å². The molecule has 1 aromatic carbocycles. The highest BCUT2D eigenvalue weighted by Gasteiger charge is 2.30. The predicted molar refractivity (Wildman–Crippen MR) is 94.9 cm³/mol. The monoisotopic (exact) mass is 369 g/mol. The second-order valence-electron chi connectivity index (χ2n) is 6.40. The number of amides is 1. The summed E-state index contributed by atoms with van der Waals surface area (Å²) in [7, 11) is -3.52. The summed E-state index contributed by atoms with van der Waals surface area (Å²) in [5.74, 6) is -0.500. The van der Waals surface area contributed by atoms with E-state index in [2.05, 4.69) is 5.32 Å². The summed E-state index contributed by atoms with van der Waals surface area (Å²) in [5.41, 5.74) is 0.854. The summed E-state index contributed by atoms with van der Waals surface area (Å²) in [5, 5.41) is 13.5. The average molecular weight is 369 g/mol. The Balaban J connectivity index is 2.14. The quantitative estimate of drug-likeness (QED) is 0.612. The summed E-state index contributed by atoms with van der Waals surface area (Å²) in [6.45, 7) is 1.43. The van der Waals surface area contributed by atoms with Gasteiger partial charge in [0.25, 0.3) is 5.69 Å². The largest absolute Gasteiger partial charge is 0.324 e. The molecule has 1 aromatic rings. The molecular formula is C16H23N3O5S. The van der Waals surface area contributed by atoms with Gasteiger partial charge in [-0.05, 0) is 25.3 Å². The highest BCUT2D eigenvalue weighted by molar-refractivity contribution is 7.88. The smallest absolute Gasteiger partial charge is 0.271 e. The molecule has 1 aliphatic carbocycles. The van der Waals surface area contributed by atoms with E-state index in [9.17, 15) is 23.3 Å². The molecular weight excluding hydrogens is 346 g/mol. The molecule has 138 valence electrons. The summed E-state index contributed by atoms with van der Waals surface area (Å²) < 4.78 is 25.4. The first-order valence-corrected chi connectivity index (χ1v) is 10.0. The number of nitrogens with one attached hydrogen (secondary N) is 1. The predicted octanol–water partition coefficient (Wildman–Crippen LogP) is 2.44. The lowest BCUT2D eigenvalue weighted by molar-refractivity contribution is -0.384. The van der Waals surface area contributed by atoms with E-state index < -0.39 is 20.9 Å². The third-order valence-electron chi connectivity index (χ3n) is 4.41. The number of rotatable bonds is 6. The van der Waals surface area contributed by atoms with E-state index in [1.807, 2.05) is 0 Å². The molecule has 0 bridgehead atoms. The van der Waals surface area contributed by atoms with Crippen LogP contribution in [0.1, 0.15) is 37.7 Å². The van der Waals surface area contributed by atoms with Crippen LogP contribution in [-0.2, 0) is 14.8 Å². The van der Waals surface area contributed by atoms with Crippen molar-refractivity contribution in [1.29, 1.82) is 0 Å². The van der Waals surface area contributed by atoms with Crippen molar-refractivity contribution in [3.05, 3.63) is 33.9 Å². The number of hydrogen-bond acceptors (Lipinski definition) is 5. The van der Waals surface area contributed by atoms with Gasteiger partial charge in [0.05, 0.1) is 23.4 Å². The lowest BCUT2D eigenvalue weighted by atomic mass is 9.95. The molecule has 0 spiro atoms. The molecule has 0 radical (unpaired) electrons. The van der Waals surface area contributed by atoms with Gasteiger partial charge in [-0.25, -0.2) is 8.42 Å². The van der Waals surface area contributed by atoms with Gasteiger partial charge in [0.2, 0.25) is 15.9 Å². The van der Waals surface area contributed by atoms with Gasteiger partial charge in [-0.3, -0.25) is 14.9 Å². The maximum Gasteiger partial charge on any atom is 0.271 e. The Labute approximate surface area is 147 Å². The first kappa shape index (κ1) is 19.3. The molecule has 25 heavy (non-hydrogen) atoms. The van der Waals surface area contributed by atoms with Crippen molar-refractivity contribution in [2.24, 2.45) is 0 Å². The number of nitrogens with zero attached hydrogens (tertiary/aromatic N) is 2. The summed E-state index contributed by atoms with van der Waals surface area (Å²) in [6, 6.07) is 4.01. The molecule has 0 saturated heterocycles. The first-order chi connectivity index (χ1) is 11.7. The van der Waals surface area contributed by atoms with E-state index in [0.29, 0.717) is 11.3 Å². The van der Waals surface area contributed by atoms with Gasteiger partial charge in [-0.15, -0.1) is 0 Å². The molecule has 1 aliphatic rings. The highest BCUT2D eigenvalue weighted by Crippen LogP contribution is 2.25. The SMILES string of the molecule is Cc1ccc([N+](=O)[O-])cc1NC(=O)CN(C1CCCCC1)S(C)(=O)=O. The Morgan fingerprint density at radius 1 is 1.32 bits per heavy atom. The molecule has 1 N–H and O–H groups in total. The van der Waals surface area contributed by atoms with Crippen molar-refractivity contribution in [1.82, 2.24) is 4.31 Å². The maximum absolute atomic E-state index is 12.4. The van der Waals surface area contributed by atoms with Crippen LogP contribution in [0, 0.1) is 17.0 Å². The standard InChI is InChI=1S/C16H23N3O5S/c1-12-8-9-14(19(21)22)10-15(12)17-16(20)11-18(25(2,23)24)13-6-4-3-5-7-13/h8-10,13H,3-7,11H2,1-2H3,(H,17,20). The lowest BCUT2D eigenvalue weighted by Crippen LogP contribution is -2.45. The third-order valence-corrected chi connectivity index (χ3v) is 5.69. The van der Waals surface area contributed by atoms with Crippen molar-refractivity contribution >= 4 is 27.3 Å². The van der Waals surface area contributed by atoms with E-state index in [1.165, 1.54) is 16.4 Å². The molecule has 0 aliphatic heterocycles. The summed E-state index contributed by atoms with van der Waals surface area (Å²) >= 11 is 0. The number of anilines is 1. The zero-order chi connectivity index (χ0) is 18.6. The Kier molecular flexibility index (Phi) is 6.12. The van der Waals surface area contributed by atoms with Crippen LogP contribution in [0.15, 0.2) is 18.2 Å². The molecule has 2 rings (SSSR count). The Morgan fingerprint density at radius 3 is 2.52 bits per heavy atom. The summed E-state index contributed by atoms with van der Waals surface area (Å²) in [6.07, 6.45) is 5.57. The van der Waals surface area contributed by atoms with Crippen molar-refractivity contribution in [3.8, 4) is 0 Å². The molecule has 0 unspecified atom stereocenters. The van der Waals surface area contributed by atoms with Crippen LogP contribution in [0.2, 0.25) is 0 Å². The van der Waals surface area contributed by atoms with Crippen LogP contribution >= 0.6 is 0 Å². The topological polar surface area (TPSA) is 110 Å². The number of benzene rings is 1. The minimum atomic E-state index is -3.52. The van der Waals surface area contributed by atoms with Crippen LogP contribution in [0.5, 0.6) is 0 Å². The van der Waals surface area contributed by atoms with Crippen LogP contribution in [-0.4, -0.2) is 42.4 Å². The number of carbonyl (C=O) groups excluding carboxylic acids is 1. The van der Waals surface area contributed by atoms with Gasteiger partial charge in [0.1, 0.15) is 0 Å². The number of non-ortho nitro benzene ring substituents is 1. The van der Waals surface area contributed by atoms with Crippen molar-refractivity contribution in [2.45, 2.75) is 45.1 Å². The van der Waals surface area contributed by atoms with E-state index >= 15 is 0 Å². The van der Waals surface area contributed by atoms with Crippen LogP contribution in [0.4, 0.5) is 11.4 Å². The molecule has 1 amide bonds. The lowest BCUT2D eigenvalue weighted by Gasteiger charge is -2.31. The molecule has 8 nitrogen and oxygen atoms in total. The van der Waals surface area contributed by atoms with Gasteiger partial charge < -0.3 is 5.32 Å². The molecule has 1 saturated carbocycles. The van der Waals surface area contributed by atoms with E-state index in [4.69, 9.17) is 0 Å². The zero-order valence-corrected chi connectivity index (χ0v) is 15.2. The van der Waals surface area contributed by atoms with Crippen molar-refractivity contribution < 1.29 is 18.1 Å². The number of carbonyl (C=O) groups is 1. The zero-order valence-electron chi connectivity index (χ0n) is 14.4. The molecule has 0 atom stereocenters. The number of aryl methyl sites for hydroxylation is 1. The van der Waals surface area contributed by atoms with Crippen LogP contribution in [0.3, 0.4) is 0 Å². The van der Waals surface area contributed by atoms with Gasteiger partial charge >= 0.3 is 0 Å². The fourth-order valence-corrected chi connectivity index (χ4v) is 4.18. The Hall–Kier alpha value is -2.00. The number of sulfonamides is 1. The van der Waals surface area contributed by atoms with Gasteiger partial charge in [-0.1, -0.05) is 25.3 Å². The Morgan fingerprint density at radius 2 is 1.96 bits per heavy atom. The number of hydrogen-bond donors (Lipinski definition) is 1. The fourth-order valence-electron chi connectivity index (χ4n) is 3.08. The Bertz CT molecular complexity index is 757. The normalized spacial score (nSPS) is 16.0. The second-order valence-corrected chi connectivity index (χ2v) is 8.34. The van der Waals surface area contributed by atoms with Crippen LogP contribution in [0.25, 0.3) is 0 Å². The summed E-state index contributed by atoms with van der Waals surface area (Å²) in [4.78, 5) is 22.7. The maximum atomic E-state index is 12.4. The highest BCUT2D eigenvalue weighted by atomic mass is 32.2. The average Bonchev–Trinajstić information content (AvgIpc) is 2.54. The van der Waals surface area contributed by atoms with Crippen LogP contribution < -0.4 is 5.32 Å². The minimum absolute atomic E-state index is 0.131. The number of nitro groups is 1. The minimum Gasteiger partial charge on any atom is -0.324 e. The van der Waals surface area contributed by atoms with E-state index in [1.54, 1.807) is 13.0 Å². The van der Waals surface area contributed by atoms with Crippen molar-refractivity contribution in [3.63, 3.8) is 0 Å². The van der Waals surface area contributed by atoms with E-state index in [-0.39, 0.29) is 18.3 Å². The third kappa shape index (κ3) is 5.23. The van der Waals surface area contributed by atoms with Gasteiger partial charge in [-0.2, -0.15) is 4.31 Å². The fraction of sp³-hybridized carbons (Fsp3) is 0.562. The van der Waals surface area contributed by atoms with Crippen molar-refractivity contribution in [2.75, 3.05) is 18.1 Å². The molecule has 9 heteroatoms. The molecule has 0 aromatic heterocycles. The first-order valence-electron chi connectivity index (χ1n) is 8.20. The van der Waals surface area contributed by atoms with Gasteiger partial charge in [0.15, 0.2) is 0 Å². The van der Waals surface area contributed by atoms with Gasteiger partial charge in [0, 0.05) is 18.2 Å². The second kappa shape index (κ2) is 7.92. The number of nitro benzene ring substituents is 1. The molecule has 1 fully saturated rings. The molecule has 0 heterocycles.